The molecule has 1 heterocycles. The molecule has 0 aliphatic carbocycles. The number of hydrogen-bond donors (Lipinski definition) is 1. The van der Waals surface area contributed by atoms with Crippen LogP contribution in [-0.2, 0) is 6.18 Å². The van der Waals surface area contributed by atoms with Crippen LogP contribution in [0.25, 0.3) is 0 Å². The van der Waals surface area contributed by atoms with Crippen molar-refractivity contribution in [1.82, 2.24) is 10.3 Å². The molecule has 0 aliphatic heterocycles. The summed E-state index contributed by atoms with van der Waals surface area (Å²) >= 11 is 0. The van der Waals surface area contributed by atoms with Gasteiger partial charge < -0.3 is 10.1 Å². The van der Waals surface area contributed by atoms with Gasteiger partial charge in [0.15, 0.2) is 0 Å². The van der Waals surface area contributed by atoms with Crippen molar-refractivity contribution in [2.75, 3.05) is 20.7 Å². The monoisotopic (exact) mass is 262 g/mol. The van der Waals surface area contributed by atoms with Crippen molar-refractivity contribution in [3.05, 3.63) is 23.4 Å². The Bertz CT molecular complexity index is 393. The minimum absolute atomic E-state index is 0.00521. The third-order valence-corrected chi connectivity index (χ3v) is 2.74. The van der Waals surface area contributed by atoms with Crippen LogP contribution in [0.1, 0.15) is 30.5 Å². The molecular weight excluding hydrogens is 245 g/mol. The van der Waals surface area contributed by atoms with E-state index in [1.165, 1.54) is 7.11 Å². The lowest BCUT2D eigenvalue weighted by Crippen LogP contribution is -2.18. The molecule has 0 saturated carbocycles. The van der Waals surface area contributed by atoms with Crippen molar-refractivity contribution < 1.29 is 17.9 Å². The normalized spacial score (nSPS) is 13.4. The van der Waals surface area contributed by atoms with Gasteiger partial charge in [-0.2, -0.15) is 13.2 Å². The first kappa shape index (κ1) is 14.8. The number of nitrogens with zero attached hydrogens (tertiary/aromatic N) is 1. The van der Waals surface area contributed by atoms with Gasteiger partial charge in [0.1, 0.15) is 5.69 Å². The third-order valence-electron chi connectivity index (χ3n) is 2.74. The van der Waals surface area contributed by atoms with E-state index >= 15 is 0 Å². The Balaban J connectivity index is 3.18. The highest BCUT2D eigenvalue weighted by Gasteiger charge is 2.34. The highest BCUT2D eigenvalue weighted by atomic mass is 19.4. The number of alkyl halides is 3. The van der Waals surface area contributed by atoms with E-state index in [9.17, 15) is 13.2 Å². The lowest BCUT2D eigenvalue weighted by Gasteiger charge is -2.17. The maximum Gasteiger partial charge on any atom is 0.433 e. The van der Waals surface area contributed by atoms with Gasteiger partial charge >= 0.3 is 6.18 Å². The number of halogens is 3. The summed E-state index contributed by atoms with van der Waals surface area (Å²) in [5, 5.41) is 2.97. The van der Waals surface area contributed by atoms with Crippen LogP contribution in [0.2, 0.25) is 0 Å². The number of aromatic nitrogens is 1. The molecule has 18 heavy (non-hydrogen) atoms. The topological polar surface area (TPSA) is 34.1 Å². The Hall–Kier alpha value is -1.30. The zero-order valence-electron chi connectivity index (χ0n) is 10.6. The molecule has 1 atom stereocenters. The lowest BCUT2D eigenvalue weighted by molar-refractivity contribution is -0.141. The number of likely N-dealkylation sites (N-methyl/N-ethyl adjacent to an activating group) is 1. The molecule has 6 heteroatoms. The molecule has 0 amide bonds. The van der Waals surface area contributed by atoms with Gasteiger partial charge in [-0.05, 0) is 31.0 Å². The lowest BCUT2D eigenvalue weighted by atomic mass is 9.96. The summed E-state index contributed by atoms with van der Waals surface area (Å²) in [5.74, 6) is 0.00220. The summed E-state index contributed by atoms with van der Waals surface area (Å²) in [4.78, 5) is 3.43. The van der Waals surface area contributed by atoms with Gasteiger partial charge in [0.25, 0.3) is 0 Å². The van der Waals surface area contributed by atoms with Crippen molar-refractivity contribution in [2.24, 2.45) is 0 Å². The predicted octanol–water partition coefficient (Wildman–Crippen LogP) is 2.82. The molecule has 1 unspecified atom stereocenters. The Kier molecular flexibility index (Phi) is 4.95. The second kappa shape index (κ2) is 6.04. The van der Waals surface area contributed by atoms with Crippen LogP contribution >= 0.6 is 0 Å². The zero-order chi connectivity index (χ0) is 13.8. The van der Waals surface area contributed by atoms with Gasteiger partial charge in [0.05, 0.1) is 7.11 Å². The molecule has 0 radical (unpaired) electrons. The van der Waals surface area contributed by atoms with Gasteiger partial charge in [-0.25, -0.2) is 4.98 Å². The summed E-state index contributed by atoms with van der Waals surface area (Å²) in [6.07, 6.45) is -3.72. The van der Waals surface area contributed by atoms with Crippen LogP contribution in [0.5, 0.6) is 5.88 Å². The Morgan fingerprint density at radius 1 is 1.39 bits per heavy atom. The van der Waals surface area contributed by atoms with Gasteiger partial charge in [0.2, 0.25) is 5.88 Å². The summed E-state index contributed by atoms with van der Waals surface area (Å²) < 4.78 is 42.9. The number of hydrogen-bond acceptors (Lipinski definition) is 3. The Morgan fingerprint density at radius 3 is 2.50 bits per heavy atom. The van der Waals surface area contributed by atoms with E-state index in [1.807, 2.05) is 6.92 Å². The minimum atomic E-state index is -4.46. The van der Waals surface area contributed by atoms with Gasteiger partial charge in [-0.15, -0.1) is 0 Å². The summed E-state index contributed by atoms with van der Waals surface area (Å²) in [6, 6.07) is 2.65. The van der Waals surface area contributed by atoms with Crippen LogP contribution in [0.3, 0.4) is 0 Å². The van der Waals surface area contributed by atoms with Crippen LogP contribution in [-0.4, -0.2) is 25.7 Å². The van der Waals surface area contributed by atoms with E-state index in [0.717, 1.165) is 12.5 Å². The third kappa shape index (κ3) is 3.60. The molecule has 1 aromatic heterocycles. The standard InChI is InChI=1S/C12H17F3N2O/c1-4-8(7-16-2)9-5-10(12(13,14)15)17-11(6-9)18-3/h5-6,8,16H,4,7H2,1-3H3. The first-order valence-corrected chi connectivity index (χ1v) is 5.70. The maximum absolute atomic E-state index is 12.7. The molecule has 1 rings (SSSR count). The summed E-state index contributed by atoms with van der Waals surface area (Å²) in [6.45, 7) is 2.54. The first-order valence-electron chi connectivity index (χ1n) is 5.70. The molecule has 102 valence electrons. The molecule has 0 aliphatic rings. The molecule has 0 saturated heterocycles. The van der Waals surface area contributed by atoms with E-state index in [4.69, 9.17) is 4.74 Å². The number of nitrogens with one attached hydrogen (secondary N) is 1. The van der Waals surface area contributed by atoms with Gasteiger partial charge in [-0.3, -0.25) is 0 Å². The molecule has 0 spiro atoms. The van der Waals surface area contributed by atoms with Crippen molar-refractivity contribution in [2.45, 2.75) is 25.4 Å². The second-order valence-electron chi connectivity index (χ2n) is 3.99. The van der Waals surface area contributed by atoms with Crippen LogP contribution in [0.4, 0.5) is 13.2 Å². The number of ether oxygens (including phenoxy) is 1. The van der Waals surface area contributed by atoms with Crippen LogP contribution in [0.15, 0.2) is 12.1 Å². The molecular formula is C12H17F3N2O. The van der Waals surface area contributed by atoms with E-state index in [0.29, 0.717) is 12.1 Å². The highest BCUT2D eigenvalue weighted by molar-refractivity contribution is 5.29. The Morgan fingerprint density at radius 2 is 2.06 bits per heavy atom. The fraction of sp³-hybridized carbons (Fsp3) is 0.583. The average molecular weight is 262 g/mol. The molecule has 0 fully saturated rings. The fourth-order valence-corrected chi connectivity index (χ4v) is 1.76. The zero-order valence-corrected chi connectivity index (χ0v) is 10.6. The molecule has 1 N–H and O–H groups in total. The number of pyridine rings is 1. The summed E-state index contributed by atoms with van der Waals surface area (Å²) in [5.41, 5.74) is -0.322. The summed E-state index contributed by atoms with van der Waals surface area (Å²) in [7, 11) is 3.08. The smallest absolute Gasteiger partial charge is 0.433 e. The minimum Gasteiger partial charge on any atom is -0.481 e. The predicted molar refractivity (Wildman–Crippen MR) is 62.7 cm³/mol. The van der Waals surface area contributed by atoms with E-state index in [2.05, 4.69) is 10.3 Å². The van der Waals surface area contributed by atoms with Gasteiger partial charge in [-0.1, -0.05) is 6.92 Å². The van der Waals surface area contributed by atoms with Crippen molar-refractivity contribution in [3.63, 3.8) is 0 Å². The number of rotatable bonds is 5. The van der Waals surface area contributed by atoms with Crippen molar-refractivity contribution in [1.29, 1.82) is 0 Å². The first-order chi connectivity index (χ1) is 8.42. The molecule has 0 aromatic carbocycles. The van der Waals surface area contributed by atoms with Gasteiger partial charge in [0, 0.05) is 12.6 Å². The maximum atomic E-state index is 12.7. The quantitative estimate of drug-likeness (QED) is 0.886. The van der Waals surface area contributed by atoms with E-state index in [-0.39, 0.29) is 11.8 Å². The fourth-order valence-electron chi connectivity index (χ4n) is 1.76. The average Bonchev–Trinajstić information content (AvgIpc) is 2.34. The molecule has 1 aromatic rings. The van der Waals surface area contributed by atoms with Crippen LogP contribution < -0.4 is 10.1 Å². The Labute approximate surface area is 104 Å². The second-order valence-corrected chi connectivity index (χ2v) is 3.99. The van der Waals surface area contributed by atoms with E-state index in [1.54, 1.807) is 13.1 Å². The van der Waals surface area contributed by atoms with Crippen molar-refractivity contribution in [3.8, 4) is 5.88 Å². The number of methoxy groups -OCH3 is 1. The molecule has 0 bridgehead atoms. The SMILES string of the molecule is CCC(CNC)c1cc(OC)nc(C(F)(F)F)c1. The van der Waals surface area contributed by atoms with Crippen LogP contribution in [0, 0.1) is 0 Å². The van der Waals surface area contributed by atoms with E-state index < -0.39 is 11.9 Å². The van der Waals surface area contributed by atoms with Crippen molar-refractivity contribution >= 4 is 0 Å². The largest absolute Gasteiger partial charge is 0.481 e. The highest BCUT2D eigenvalue weighted by Crippen LogP contribution is 2.32. The molecule has 3 nitrogen and oxygen atoms in total.